The van der Waals surface area contributed by atoms with Gasteiger partial charge in [-0.3, -0.25) is 4.79 Å². The summed E-state index contributed by atoms with van der Waals surface area (Å²) in [5, 5.41) is 6.67. The van der Waals surface area contributed by atoms with Crippen LogP contribution in [0, 0.1) is 0 Å². The lowest BCUT2D eigenvalue weighted by Gasteiger charge is -2.30. The van der Waals surface area contributed by atoms with Crippen LogP contribution in [0.5, 0.6) is 0 Å². The van der Waals surface area contributed by atoms with Gasteiger partial charge >= 0.3 is 0 Å². The van der Waals surface area contributed by atoms with Crippen LogP contribution in [0.3, 0.4) is 0 Å². The van der Waals surface area contributed by atoms with E-state index in [9.17, 15) is 4.79 Å². The average Bonchev–Trinajstić information content (AvgIpc) is 2.58. The van der Waals surface area contributed by atoms with E-state index in [1.165, 1.54) is 12.8 Å². The minimum absolute atomic E-state index is 0. The molecule has 5 heteroatoms. The van der Waals surface area contributed by atoms with Crippen molar-refractivity contribution in [3.8, 4) is 0 Å². The quantitative estimate of drug-likeness (QED) is 0.801. The molecule has 2 aliphatic heterocycles. The molecule has 0 aromatic rings. The number of halogens is 1. The molecule has 2 aliphatic rings. The van der Waals surface area contributed by atoms with Crippen LogP contribution in [0.25, 0.3) is 0 Å². The van der Waals surface area contributed by atoms with Crippen molar-refractivity contribution in [1.29, 1.82) is 0 Å². The number of carbonyl (C=O) groups is 1. The summed E-state index contributed by atoms with van der Waals surface area (Å²) in [6.45, 7) is 4.31. The number of rotatable bonds is 4. The van der Waals surface area contributed by atoms with Crippen LogP contribution in [0.1, 0.15) is 39.5 Å². The Bertz CT molecular complexity index is 251. The van der Waals surface area contributed by atoms with E-state index in [0.29, 0.717) is 24.7 Å². The van der Waals surface area contributed by atoms with Gasteiger partial charge in [0.2, 0.25) is 5.91 Å². The molecule has 3 atom stereocenters. The number of hydrogen-bond donors (Lipinski definition) is 2. The van der Waals surface area contributed by atoms with Crippen LogP contribution >= 0.6 is 12.4 Å². The van der Waals surface area contributed by atoms with Crippen LogP contribution < -0.4 is 10.6 Å². The number of amides is 1. The third kappa shape index (κ3) is 3.83. The van der Waals surface area contributed by atoms with Crippen LogP contribution in [0.2, 0.25) is 0 Å². The zero-order valence-corrected chi connectivity index (χ0v) is 11.4. The van der Waals surface area contributed by atoms with Gasteiger partial charge in [-0.15, -0.1) is 12.4 Å². The molecular weight excluding hydrogens is 240 g/mol. The average molecular weight is 263 g/mol. The highest BCUT2D eigenvalue weighted by Crippen LogP contribution is 2.26. The number of hydrogen-bond acceptors (Lipinski definition) is 3. The maximum absolute atomic E-state index is 11.8. The predicted molar refractivity (Wildman–Crippen MR) is 69.4 cm³/mol. The molecule has 2 bridgehead atoms. The first-order chi connectivity index (χ1) is 7.69. The number of piperidine rings is 1. The minimum atomic E-state index is -0.322. The maximum Gasteiger partial charge on any atom is 0.249 e. The fraction of sp³-hybridized carbons (Fsp3) is 0.917. The zero-order valence-electron chi connectivity index (χ0n) is 10.6. The number of ether oxygens (including phenoxy) is 1. The van der Waals surface area contributed by atoms with Gasteiger partial charge in [-0.1, -0.05) is 0 Å². The van der Waals surface area contributed by atoms with E-state index in [2.05, 4.69) is 10.6 Å². The molecule has 2 heterocycles. The topological polar surface area (TPSA) is 50.4 Å². The monoisotopic (exact) mass is 262 g/mol. The third-order valence-corrected chi connectivity index (χ3v) is 3.61. The van der Waals surface area contributed by atoms with Crippen molar-refractivity contribution >= 4 is 18.3 Å². The second kappa shape index (κ2) is 6.57. The molecule has 100 valence electrons. The first kappa shape index (κ1) is 14.7. The molecule has 4 nitrogen and oxygen atoms in total. The summed E-state index contributed by atoms with van der Waals surface area (Å²) >= 11 is 0. The number of nitrogens with one attached hydrogen (secondary N) is 2. The lowest BCUT2D eigenvalue weighted by atomic mass is 9.99. The molecule has 2 rings (SSSR count). The molecule has 0 radical (unpaired) electrons. The summed E-state index contributed by atoms with van der Waals surface area (Å²) < 4.78 is 5.29. The zero-order chi connectivity index (χ0) is 11.5. The molecular formula is C12H23ClN2O2. The molecule has 3 unspecified atom stereocenters. The van der Waals surface area contributed by atoms with Gasteiger partial charge in [-0.2, -0.15) is 0 Å². The Hall–Kier alpha value is -0.320. The summed E-state index contributed by atoms with van der Waals surface area (Å²) in [7, 11) is 0. The lowest BCUT2D eigenvalue weighted by molar-refractivity contribution is -0.132. The van der Waals surface area contributed by atoms with Crippen molar-refractivity contribution in [1.82, 2.24) is 10.6 Å². The van der Waals surface area contributed by atoms with Gasteiger partial charge in [-0.05, 0) is 39.5 Å². The number of carbonyl (C=O) groups excluding carboxylic acids is 1. The van der Waals surface area contributed by atoms with Crippen molar-refractivity contribution in [2.75, 3.05) is 6.61 Å². The van der Waals surface area contributed by atoms with Crippen LogP contribution in [-0.2, 0) is 9.53 Å². The van der Waals surface area contributed by atoms with Crippen LogP contribution in [0.4, 0.5) is 0 Å². The van der Waals surface area contributed by atoms with Crippen molar-refractivity contribution in [2.24, 2.45) is 0 Å². The van der Waals surface area contributed by atoms with Crippen LogP contribution in [-0.4, -0.2) is 36.7 Å². The van der Waals surface area contributed by atoms with Crippen molar-refractivity contribution in [2.45, 2.75) is 63.8 Å². The van der Waals surface area contributed by atoms with Gasteiger partial charge < -0.3 is 15.4 Å². The molecule has 0 aromatic heterocycles. The fourth-order valence-corrected chi connectivity index (χ4v) is 2.82. The van der Waals surface area contributed by atoms with E-state index >= 15 is 0 Å². The van der Waals surface area contributed by atoms with Crippen LogP contribution in [0.15, 0.2) is 0 Å². The Morgan fingerprint density at radius 1 is 1.41 bits per heavy atom. The number of fused-ring (bicyclic) bond motifs is 2. The van der Waals surface area contributed by atoms with Gasteiger partial charge in [0.15, 0.2) is 0 Å². The third-order valence-electron chi connectivity index (χ3n) is 3.61. The van der Waals surface area contributed by atoms with E-state index in [1.54, 1.807) is 0 Å². The standard InChI is InChI=1S/C12H22N2O2.ClH/c1-3-16-8(2)12(15)14-11-6-9-4-5-10(7-11)13-9;/h8-11,13H,3-7H2,1-2H3,(H,14,15);1H. The Balaban J connectivity index is 0.00000144. The second-order valence-corrected chi connectivity index (χ2v) is 4.91. The molecule has 2 N–H and O–H groups in total. The molecule has 0 aliphatic carbocycles. The van der Waals surface area contributed by atoms with Gasteiger partial charge in [0.25, 0.3) is 0 Å². The molecule has 0 saturated carbocycles. The Morgan fingerprint density at radius 2 is 2.00 bits per heavy atom. The highest BCUT2D eigenvalue weighted by molar-refractivity contribution is 5.85. The highest BCUT2D eigenvalue weighted by Gasteiger charge is 2.34. The Labute approximate surface area is 109 Å². The summed E-state index contributed by atoms with van der Waals surface area (Å²) in [6, 6.07) is 1.58. The Kier molecular flexibility index (Phi) is 5.70. The second-order valence-electron chi connectivity index (χ2n) is 4.91. The summed E-state index contributed by atoms with van der Waals surface area (Å²) in [6.07, 6.45) is 4.34. The highest BCUT2D eigenvalue weighted by atomic mass is 35.5. The first-order valence-electron chi connectivity index (χ1n) is 6.37. The summed E-state index contributed by atoms with van der Waals surface area (Å²) in [4.78, 5) is 11.8. The maximum atomic E-state index is 11.8. The van der Waals surface area contributed by atoms with E-state index < -0.39 is 0 Å². The smallest absolute Gasteiger partial charge is 0.249 e. The predicted octanol–water partition coefficient (Wildman–Crippen LogP) is 1.23. The molecule has 0 aromatic carbocycles. The van der Waals surface area contributed by atoms with E-state index in [1.807, 2.05) is 13.8 Å². The molecule has 0 spiro atoms. The molecule has 2 saturated heterocycles. The van der Waals surface area contributed by atoms with Crippen molar-refractivity contribution in [3.05, 3.63) is 0 Å². The molecule has 2 fully saturated rings. The minimum Gasteiger partial charge on any atom is -0.369 e. The SMILES string of the molecule is CCOC(C)C(=O)NC1CC2CCC(C1)N2.Cl. The summed E-state index contributed by atoms with van der Waals surface area (Å²) in [5.41, 5.74) is 0. The molecule has 17 heavy (non-hydrogen) atoms. The van der Waals surface area contributed by atoms with Crippen molar-refractivity contribution in [3.63, 3.8) is 0 Å². The van der Waals surface area contributed by atoms with E-state index in [0.717, 1.165) is 12.8 Å². The van der Waals surface area contributed by atoms with E-state index in [-0.39, 0.29) is 24.4 Å². The summed E-state index contributed by atoms with van der Waals surface area (Å²) in [5.74, 6) is 0.0353. The largest absolute Gasteiger partial charge is 0.369 e. The fourth-order valence-electron chi connectivity index (χ4n) is 2.82. The first-order valence-corrected chi connectivity index (χ1v) is 6.37. The van der Waals surface area contributed by atoms with Gasteiger partial charge in [0.05, 0.1) is 0 Å². The normalized spacial score (nSPS) is 32.7. The van der Waals surface area contributed by atoms with Gasteiger partial charge in [-0.25, -0.2) is 0 Å². The lowest BCUT2D eigenvalue weighted by Crippen LogP contribution is -2.50. The van der Waals surface area contributed by atoms with Gasteiger partial charge in [0.1, 0.15) is 6.10 Å². The van der Waals surface area contributed by atoms with Crippen molar-refractivity contribution < 1.29 is 9.53 Å². The Morgan fingerprint density at radius 3 is 2.53 bits per heavy atom. The molecule has 1 amide bonds. The van der Waals surface area contributed by atoms with Gasteiger partial charge in [0, 0.05) is 24.7 Å². The van der Waals surface area contributed by atoms with E-state index in [4.69, 9.17) is 4.74 Å².